The number of hydrogen-bond acceptors (Lipinski definition) is 4. The highest BCUT2D eigenvalue weighted by Gasteiger charge is 2.27. The molecule has 0 unspecified atom stereocenters. The Morgan fingerprint density at radius 3 is 2.58 bits per heavy atom. The van der Waals surface area contributed by atoms with Crippen molar-refractivity contribution in [2.24, 2.45) is 0 Å². The van der Waals surface area contributed by atoms with Gasteiger partial charge >= 0.3 is 0 Å². The van der Waals surface area contributed by atoms with Crippen molar-refractivity contribution in [2.45, 2.75) is 18.9 Å². The van der Waals surface area contributed by atoms with E-state index in [1.807, 2.05) is 17.0 Å². The van der Waals surface area contributed by atoms with E-state index in [1.54, 1.807) is 13.2 Å². The second-order valence-corrected chi connectivity index (χ2v) is 7.11. The van der Waals surface area contributed by atoms with Crippen LogP contribution in [0.5, 0.6) is 5.75 Å². The number of amides is 2. The number of piperazine rings is 1. The predicted molar refractivity (Wildman–Crippen MR) is 94.2 cm³/mol. The summed E-state index contributed by atoms with van der Waals surface area (Å²) in [5.41, 5.74) is 0.606. The van der Waals surface area contributed by atoms with Gasteiger partial charge in [-0.2, -0.15) is 0 Å². The molecule has 0 radical (unpaired) electrons. The monoisotopic (exact) mass is 395 g/mol. The van der Waals surface area contributed by atoms with E-state index in [-0.39, 0.29) is 11.8 Å². The first kappa shape index (κ1) is 17.2. The molecule has 0 spiro atoms. The summed E-state index contributed by atoms with van der Waals surface area (Å²) in [6.07, 6.45) is 2.20. The molecule has 3 rings (SSSR count). The van der Waals surface area contributed by atoms with E-state index >= 15 is 0 Å². The quantitative estimate of drug-likeness (QED) is 0.820. The minimum atomic E-state index is -0.0112. The molecule has 24 heavy (non-hydrogen) atoms. The summed E-state index contributed by atoms with van der Waals surface area (Å²) in [4.78, 5) is 28.5. The van der Waals surface area contributed by atoms with E-state index in [1.165, 1.54) is 0 Å². The Balaban J connectivity index is 1.54. The van der Waals surface area contributed by atoms with Crippen molar-refractivity contribution < 1.29 is 14.3 Å². The number of carbonyl (C=O) groups is 2. The van der Waals surface area contributed by atoms with Crippen LogP contribution in [0.25, 0.3) is 0 Å². The molecule has 1 aliphatic heterocycles. The van der Waals surface area contributed by atoms with Crippen LogP contribution in [0, 0.1) is 0 Å². The van der Waals surface area contributed by atoms with Gasteiger partial charge < -0.3 is 15.0 Å². The highest BCUT2D eigenvalue weighted by molar-refractivity contribution is 9.10. The fourth-order valence-electron chi connectivity index (χ4n) is 2.78. The first-order valence-electron chi connectivity index (χ1n) is 8.21. The van der Waals surface area contributed by atoms with Gasteiger partial charge in [0.05, 0.1) is 19.2 Å². The van der Waals surface area contributed by atoms with Crippen LogP contribution < -0.4 is 10.1 Å². The number of ether oxygens (including phenoxy) is 1. The Bertz CT molecular complexity index is 626. The first-order valence-corrected chi connectivity index (χ1v) is 9.00. The van der Waals surface area contributed by atoms with E-state index in [0.29, 0.717) is 50.1 Å². The lowest BCUT2D eigenvalue weighted by atomic mass is 10.1. The third kappa shape index (κ3) is 4.27. The van der Waals surface area contributed by atoms with Crippen molar-refractivity contribution in [3.05, 3.63) is 28.2 Å². The van der Waals surface area contributed by atoms with Crippen LogP contribution in [-0.2, 0) is 4.79 Å². The Hall–Kier alpha value is -1.60. The second kappa shape index (κ2) is 7.53. The number of carbonyl (C=O) groups excluding carboxylic acids is 2. The molecule has 7 heteroatoms. The van der Waals surface area contributed by atoms with Gasteiger partial charge in [0.25, 0.3) is 5.91 Å². The smallest absolute Gasteiger partial charge is 0.255 e. The summed E-state index contributed by atoms with van der Waals surface area (Å²) in [5.74, 6) is 0.743. The highest BCUT2D eigenvalue weighted by Crippen LogP contribution is 2.24. The number of methoxy groups -OCH3 is 1. The number of nitrogens with one attached hydrogen (secondary N) is 1. The summed E-state index contributed by atoms with van der Waals surface area (Å²) in [6.45, 7) is 3.09. The number of rotatable bonds is 5. The first-order chi connectivity index (χ1) is 11.6. The summed E-state index contributed by atoms with van der Waals surface area (Å²) in [7, 11) is 1.59. The zero-order chi connectivity index (χ0) is 17.1. The van der Waals surface area contributed by atoms with Crippen molar-refractivity contribution in [2.75, 3.05) is 39.8 Å². The van der Waals surface area contributed by atoms with Crippen molar-refractivity contribution in [1.82, 2.24) is 15.1 Å². The standard InChI is InChI=1S/C17H22BrN3O3/c1-24-13-4-5-15(18)14(10-13)17(23)21-8-6-20(7-9-21)11-16(22)19-12-2-3-12/h4-5,10,12H,2-3,6-9,11H2,1H3,(H,19,22). The van der Waals surface area contributed by atoms with Gasteiger partial charge in [-0.05, 0) is 47.0 Å². The minimum Gasteiger partial charge on any atom is -0.497 e. The van der Waals surface area contributed by atoms with E-state index < -0.39 is 0 Å². The van der Waals surface area contributed by atoms with E-state index in [0.717, 1.165) is 17.3 Å². The van der Waals surface area contributed by atoms with Crippen LogP contribution in [0.1, 0.15) is 23.2 Å². The van der Waals surface area contributed by atoms with Gasteiger partial charge in [-0.25, -0.2) is 0 Å². The van der Waals surface area contributed by atoms with Gasteiger partial charge in [0.15, 0.2) is 0 Å². The lowest BCUT2D eigenvalue weighted by Crippen LogP contribution is -2.51. The van der Waals surface area contributed by atoms with Gasteiger partial charge in [0.1, 0.15) is 5.75 Å². The lowest BCUT2D eigenvalue weighted by Gasteiger charge is -2.34. The Morgan fingerprint density at radius 2 is 1.96 bits per heavy atom. The maximum absolute atomic E-state index is 12.7. The van der Waals surface area contributed by atoms with Crippen LogP contribution in [0.4, 0.5) is 0 Å². The number of halogens is 1. The molecular formula is C17H22BrN3O3. The van der Waals surface area contributed by atoms with Gasteiger partial charge in [-0.1, -0.05) is 0 Å². The fourth-order valence-corrected chi connectivity index (χ4v) is 3.19. The fraction of sp³-hybridized carbons (Fsp3) is 0.529. The lowest BCUT2D eigenvalue weighted by molar-refractivity contribution is -0.122. The molecule has 0 aromatic heterocycles. The summed E-state index contributed by atoms with van der Waals surface area (Å²) in [6, 6.07) is 5.79. The largest absolute Gasteiger partial charge is 0.497 e. The SMILES string of the molecule is COc1ccc(Br)c(C(=O)N2CCN(CC(=O)NC3CC3)CC2)c1. The summed E-state index contributed by atoms with van der Waals surface area (Å²) < 4.78 is 5.96. The molecule has 1 aromatic carbocycles. The third-order valence-corrected chi connectivity index (χ3v) is 5.06. The average Bonchev–Trinajstić information content (AvgIpc) is 3.39. The van der Waals surface area contributed by atoms with Crippen molar-refractivity contribution in [3.8, 4) is 5.75 Å². The van der Waals surface area contributed by atoms with Crippen LogP contribution in [0.2, 0.25) is 0 Å². The van der Waals surface area contributed by atoms with Gasteiger partial charge in [0.2, 0.25) is 5.91 Å². The average molecular weight is 396 g/mol. The van der Waals surface area contributed by atoms with Crippen LogP contribution in [0.15, 0.2) is 22.7 Å². The predicted octanol–water partition coefficient (Wildman–Crippen LogP) is 1.49. The van der Waals surface area contributed by atoms with E-state index in [2.05, 4.69) is 26.1 Å². The molecule has 1 saturated heterocycles. The number of nitrogens with zero attached hydrogens (tertiary/aromatic N) is 2. The molecule has 1 aliphatic carbocycles. The molecule has 2 fully saturated rings. The molecule has 2 aliphatic rings. The van der Waals surface area contributed by atoms with Gasteiger partial charge in [-0.15, -0.1) is 0 Å². The normalized spacial score (nSPS) is 18.3. The topological polar surface area (TPSA) is 61.9 Å². The molecular weight excluding hydrogens is 374 g/mol. The molecule has 1 N–H and O–H groups in total. The summed E-state index contributed by atoms with van der Waals surface area (Å²) in [5, 5.41) is 3.00. The highest BCUT2D eigenvalue weighted by atomic mass is 79.9. The maximum Gasteiger partial charge on any atom is 0.255 e. The van der Waals surface area contributed by atoms with Crippen molar-refractivity contribution in [1.29, 1.82) is 0 Å². The maximum atomic E-state index is 12.7. The van der Waals surface area contributed by atoms with Crippen LogP contribution >= 0.6 is 15.9 Å². The molecule has 2 amide bonds. The number of benzene rings is 1. The molecule has 0 bridgehead atoms. The second-order valence-electron chi connectivity index (χ2n) is 6.26. The van der Waals surface area contributed by atoms with Crippen LogP contribution in [-0.4, -0.2) is 67.5 Å². The van der Waals surface area contributed by atoms with Crippen LogP contribution in [0.3, 0.4) is 0 Å². The molecule has 130 valence electrons. The van der Waals surface area contributed by atoms with Crippen molar-refractivity contribution in [3.63, 3.8) is 0 Å². The van der Waals surface area contributed by atoms with Gasteiger partial charge in [-0.3, -0.25) is 14.5 Å². The van der Waals surface area contributed by atoms with Gasteiger partial charge in [0, 0.05) is 36.7 Å². The zero-order valence-electron chi connectivity index (χ0n) is 13.8. The third-order valence-electron chi connectivity index (χ3n) is 4.37. The molecule has 0 atom stereocenters. The Kier molecular flexibility index (Phi) is 5.40. The minimum absolute atomic E-state index is 0.0112. The van der Waals surface area contributed by atoms with E-state index in [9.17, 15) is 9.59 Å². The molecule has 1 heterocycles. The van der Waals surface area contributed by atoms with Crippen molar-refractivity contribution >= 4 is 27.7 Å². The Morgan fingerprint density at radius 1 is 1.25 bits per heavy atom. The van der Waals surface area contributed by atoms with E-state index in [4.69, 9.17) is 4.74 Å². The number of hydrogen-bond donors (Lipinski definition) is 1. The molecule has 1 aromatic rings. The molecule has 1 saturated carbocycles. The summed E-state index contributed by atoms with van der Waals surface area (Å²) >= 11 is 3.43. The molecule has 6 nitrogen and oxygen atoms in total. The zero-order valence-corrected chi connectivity index (χ0v) is 15.3. The Labute approximate surface area is 150 Å².